The number of thiophene rings is 1. The first-order chi connectivity index (χ1) is 12.5. The zero-order valence-electron chi connectivity index (χ0n) is 15.0. The fourth-order valence-corrected chi connectivity index (χ4v) is 5.03. The highest BCUT2D eigenvalue weighted by Gasteiger charge is 2.21. The van der Waals surface area contributed by atoms with Gasteiger partial charge in [-0.3, -0.25) is 0 Å². The van der Waals surface area contributed by atoms with Crippen LogP contribution in [0.4, 0.5) is 5.82 Å². The maximum atomic E-state index is 12.6. The zero-order chi connectivity index (χ0) is 18.7. The molecule has 0 spiro atoms. The van der Waals surface area contributed by atoms with Gasteiger partial charge in [0, 0.05) is 19.1 Å². The molecule has 8 heteroatoms. The first kappa shape index (κ1) is 18.8. The van der Waals surface area contributed by atoms with Crippen LogP contribution in [0.2, 0.25) is 0 Å². The lowest BCUT2D eigenvalue weighted by Gasteiger charge is -2.19. The van der Waals surface area contributed by atoms with Gasteiger partial charge in [0.05, 0.1) is 10.3 Å². The number of fused-ring (bicyclic) bond motifs is 1. The fraction of sp³-hybridized carbons (Fsp3) is 0.333. The van der Waals surface area contributed by atoms with E-state index in [4.69, 9.17) is 0 Å². The number of hydrogen-bond donors (Lipinski definition) is 1. The van der Waals surface area contributed by atoms with Crippen molar-refractivity contribution in [3.05, 3.63) is 47.6 Å². The highest BCUT2D eigenvalue weighted by Crippen LogP contribution is 2.27. The highest BCUT2D eigenvalue weighted by atomic mass is 32.2. The Morgan fingerprint density at radius 1 is 1.12 bits per heavy atom. The minimum absolute atomic E-state index is 0.0155. The highest BCUT2D eigenvalue weighted by molar-refractivity contribution is 7.89. The summed E-state index contributed by atoms with van der Waals surface area (Å²) in [4.78, 5) is 9.84. The predicted octanol–water partition coefficient (Wildman–Crippen LogP) is 3.89. The molecule has 0 saturated carbocycles. The van der Waals surface area contributed by atoms with Gasteiger partial charge in [0.25, 0.3) is 0 Å². The number of nitrogens with one attached hydrogen (secondary N) is 1. The molecule has 0 radical (unpaired) electrons. The Kier molecular flexibility index (Phi) is 5.55. The predicted molar refractivity (Wildman–Crippen MR) is 106 cm³/mol. The Labute approximate surface area is 158 Å². The molecule has 0 amide bonds. The molecule has 26 heavy (non-hydrogen) atoms. The maximum absolute atomic E-state index is 12.6. The van der Waals surface area contributed by atoms with E-state index in [2.05, 4.69) is 15.3 Å². The van der Waals surface area contributed by atoms with Gasteiger partial charge < -0.3 is 5.32 Å². The summed E-state index contributed by atoms with van der Waals surface area (Å²) in [6.45, 7) is 6.63. The molecule has 0 aliphatic rings. The second-order valence-corrected chi connectivity index (χ2v) is 8.72. The van der Waals surface area contributed by atoms with Crippen LogP contribution in [-0.4, -0.2) is 35.8 Å². The van der Waals surface area contributed by atoms with Crippen molar-refractivity contribution >= 4 is 37.4 Å². The molecular weight excluding hydrogens is 368 g/mol. The summed E-state index contributed by atoms with van der Waals surface area (Å²) in [6, 6.07) is 9.01. The van der Waals surface area contributed by atoms with Crippen molar-refractivity contribution in [2.24, 2.45) is 0 Å². The zero-order valence-corrected chi connectivity index (χ0v) is 16.6. The van der Waals surface area contributed by atoms with Gasteiger partial charge >= 0.3 is 0 Å². The van der Waals surface area contributed by atoms with Crippen molar-refractivity contribution in [2.45, 2.75) is 31.7 Å². The minimum atomic E-state index is -3.43. The van der Waals surface area contributed by atoms with E-state index < -0.39 is 10.0 Å². The van der Waals surface area contributed by atoms with Gasteiger partial charge in [-0.1, -0.05) is 26.0 Å². The molecule has 6 nitrogen and oxygen atoms in total. The van der Waals surface area contributed by atoms with E-state index in [1.165, 1.54) is 4.31 Å². The molecule has 0 aliphatic carbocycles. The molecule has 0 saturated heterocycles. The molecule has 3 rings (SSSR count). The van der Waals surface area contributed by atoms with Gasteiger partial charge in [0.2, 0.25) is 10.0 Å². The smallest absolute Gasteiger partial charge is 0.243 e. The topological polar surface area (TPSA) is 75.2 Å². The van der Waals surface area contributed by atoms with Crippen LogP contribution >= 0.6 is 11.3 Å². The van der Waals surface area contributed by atoms with E-state index in [1.807, 2.05) is 44.4 Å². The maximum Gasteiger partial charge on any atom is 0.243 e. The third-order valence-electron chi connectivity index (χ3n) is 4.34. The van der Waals surface area contributed by atoms with Crippen LogP contribution in [0, 0.1) is 0 Å². The molecule has 1 unspecified atom stereocenters. The summed E-state index contributed by atoms with van der Waals surface area (Å²) >= 11 is 1.57. The van der Waals surface area contributed by atoms with Gasteiger partial charge in [-0.05, 0) is 36.1 Å². The third kappa shape index (κ3) is 3.58. The van der Waals surface area contributed by atoms with Crippen LogP contribution in [0.5, 0.6) is 0 Å². The Morgan fingerprint density at radius 3 is 2.46 bits per heavy atom. The van der Waals surface area contributed by atoms with E-state index in [-0.39, 0.29) is 6.04 Å². The van der Waals surface area contributed by atoms with Gasteiger partial charge in [-0.15, -0.1) is 11.3 Å². The lowest BCUT2D eigenvalue weighted by atomic mass is 10.1. The van der Waals surface area contributed by atoms with Crippen LogP contribution in [0.3, 0.4) is 0 Å². The average molecular weight is 391 g/mol. The molecule has 2 aromatic heterocycles. The fourth-order valence-electron chi connectivity index (χ4n) is 2.83. The van der Waals surface area contributed by atoms with E-state index in [1.54, 1.807) is 29.8 Å². The second kappa shape index (κ2) is 7.69. The number of hydrogen-bond acceptors (Lipinski definition) is 6. The van der Waals surface area contributed by atoms with Crippen molar-refractivity contribution in [3.63, 3.8) is 0 Å². The SMILES string of the molecule is CCN(CC)S(=O)(=O)c1ccc(C(C)Nc2ncnc3sccc23)cc1. The molecular formula is C18H22N4O2S2. The van der Waals surface area contributed by atoms with E-state index in [0.717, 1.165) is 21.6 Å². The van der Waals surface area contributed by atoms with Crippen molar-refractivity contribution in [2.75, 3.05) is 18.4 Å². The van der Waals surface area contributed by atoms with Crippen molar-refractivity contribution in [3.8, 4) is 0 Å². The van der Waals surface area contributed by atoms with Crippen molar-refractivity contribution in [1.82, 2.24) is 14.3 Å². The first-order valence-electron chi connectivity index (χ1n) is 8.52. The summed E-state index contributed by atoms with van der Waals surface area (Å²) in [5.74, 6) is 0.781. The lowest BCUT2D eigenvalue weighted by Crippen LogP contribution is -2.30. The Bertz CT molecular complexity index is 980. The van der Waals surface area contributed by atoms with Crippen LogP contribution < -0.4 is 5.32 Å². The quantitative estimate of drug-likeness (QED) is 0.662. The normalized spacial score (nSPS) is 13.2. The molecule has 1 aromatic carbocycles. The van der Waals surface area contributed by atoms with E-state index >= 15 is 0 Å². The molecule has 3 aromatic rings. The van der Waals surface area contributed by atoms with Gasteiger partial charge in [0.15, 0.2) is 0 Å². The Morgan fingerprint density at radius 2 is 1.81 bits per heavy atom. The number of sulfonamides is 1. The molecule has 2 heterocycles. The number of rotatable bonds is 7. The van der Waals surface area contributed by atoms with Crippen LogP contribution in [-0.2, 0) is 10.0 Å². The summed E-state index contributed by atoms with van der Waals surface area (Å²) in [5, 5.41) is 6.37. The van der Waals surface area contributed by atoms with Gasteiger partial charge in [-0.2, -0.15) is 4.31 Å². The largest absolute Gasteiger partial charge is 0.363 e. The Hall–Kier alpha value is -2.03. The molecule has 1 atom stereocenters. The lowest BCUT2D eigenvalue weighted by molar-refractivity contribution is 0.445. The van der Waals surface area contributed by atoms with Crippen LogP contribution in [0.1, 0.15) is 32.4 Å². The monoisotopic (exact) mass is 390 g/mol. The summed E-state index contributed by atoms with van der Waals surface area (Å²) in [5.41, 5.74) is 0.991. The summed E-state index contributed by atoms with van der Waals surface area (Å²) < 4.78 is 26.6. The number of anilines is 1. The van der Waals surface area contributed by atoms with Crippen molar-refractivity contribution in [1.29, 1.82) is 0 Å². The van der Waals surface area contributed by atoms with E-state index in [9.17, 15) is 8.42 Å². The summed E-state index contributed by atoms with van der Waals surface area (Å²) in [6.07, 6.45) is 1.55. The van der Waals surface area contributed by atoms with Crippen LogP contribution in [0.15, 0.2) is 46.9 Å². The number of benzene rings is 1. The van der Waals surface area contributed by atoms with Crippen LogP contribution in [0.25, 0.3) is 10.2 Å². The average Bonchev–Trinajstić information content (AvgIpc) is 3.12. The number of nitrogens with zero attached hydrogens (tertiary/aromatic N) is 3. The first-order valence-corrected chi connectivity index (χ1v) is 10.8. The molecule has 1 N–H and O–H groups in total. The summed E-state index contributed by atoms with van der Waals surface area (Å²) in [7, 11) is -3.43. The molecule has 0 aliphatic heterocycles. The van der Waals surface area contributed by atoms with Crippen molar-refractivity contribution < 1.29 is 8.42 Å². The standard InChI is InChI=1S/C18H22N4O2S2/c1-4-22(5-2)26(23,24)15-8-6-14(7-9-15)13(3)21-17-16-10-11-25-18(16)20-12-19-17/h6-13H,4-5H2,1-3H3,(H,19,20,21). The minimum Gasteiger partial charge on any atom is -0.363 e. The third-order valence-corrected chi connectivity index (χ3v) is 7.22. The number of aromatic nitrogens is 2. The molecule has 0 fully saturated rings. The molecule has 0 bridgehead atoms. The second-order valence-electron chi connectivity index (χ2n) is 5.89. The van der Waals surface area contributed by atoms with Gasteiger partial charge in [0.1, 0.15) is 17.0 Å². The van der Waals surface area contributed by atoms with E-state index in [0.29, 0.717) is 18.0 Å². The Balaban J connectivity index is 1.81. The van der Waals surface area contributed by atoms with Gasteiger partial charge in [-0.25, -0.2) is 18.4 Å². The molecule has 138 valence electrons.